The van der Waals surface area contributed by atoms with Crippen molar-refractivity contribution in [2.45, 2.75) is 17.7 Å². The van der Waals surface area contributed by atoms with Crippen LogP contribution < -0.4 is 5.32 Å². The van der Waals surface area contributed by atoms with Crippen molar-refractivity contribution in [2.75, 3.05) is 25.5 Å². The number of benzene rings is 2. The van der Waals surface area contributed by atoms with Gasteiger partial charge < -0.3 is 10.1 Å². The summed E-state index contributed by atoms with van der Waals surface area (Å²) in [7, 11) is -2.33. The minimum absolute atomic E-state index is 0.136. The molecule has 1 fully saturated rings. The molecule has 2 heterocycles. The lowest BCUT2D eigenvalue weighted by Crippen LogP contribution is -2.43. The fraction of sp³-hybridized carbons (Fsp3) is 0.273. The number of piperidine rings is 1. The van der Waals surface area contributed by atoms with Gasteiger partial charge in [0.2, 0.25) is 15.9 Å². The third kappa shape index (κ3) is 4.73. The third-order valence-electron chi connectivity index (χ3n) is 5.38. The van der Waals surface area contributed by atoms with E-state index in [9.17, 15) is 18.0 Å². The van der Waals surface area contributed by atoms with E-state index in [4.69, 9.17) is 4.74 Å². The number of halogens is 1. The number of amides is 1. The van der Waals surface area contributed by atoms with Crippen LogP contribution in [0.2, 0.25) is 0 Å². The second-order valence-electron chi connectivity index (χ2n) is 7.50. The molecule has 0 radical (unpaired) electrons. The molecule has 0 spiro atoms. The molecule has 4 rings (SSSR count). The molecule has 168 valence electrons. The van der Waals surface area contributed by atoms with Gasteiger partial charge in [0.25, 0.3) is 0 Å². The van der Waals surface area contributed by atoms with Gasteiger partial charge in [-0.05, 0) is 66.8 Å². The summed E-state index contributed by atoms with van der Waals surface area (Å²) in [5, 5.41) is 3.73. The Morgan fingerprint density at radius 3 is 2.62 bits per heavy atom. The Kier molecular flexibility index (Phi) is 6.66. The first-order chi connectivity index (χ1) is 15.3. The van der Waals surface area contributed by atoms with Gasteiger partial charge in [-0.2, -0.15) is 4.31 Å². The zero-order chi connectivity index (χ0) is 22.9. The molecule has 2 aromatic carbocycles. The standard InChI is InChI=1S/C22H21BrN2O5S2/c1-30-22(27)20-12-15-11-17(6-9-19(15)31-20)24-21(26)14-3-2-10-25(13-14)32(28,29)18-7-4-16(23)5-8-18/h4-9,11-12,14H,2-3,10,13H2,1H3,(H,24,26). The highest BCUT2D eigenvalue weighted by Crippen LogP contribution is 2.30. The number of nitrogens with zero attached hydrogens (tertiary/aromatic N) is 1. The zero-order valence-corrected chi connectivity index (χ0v) is 20.4. The van der Waals surface area contributed by atoms with Crippen molar-refractivity contribution in [3.8, 4) is 0 Å². The van der Waals surface area contributed by atoms with E-state index in [1.165, 1.54) is 22.8 Å². The highest BCUT2D eigenvalue weighted by molar-refractivity contribution is 9.10. The summed E-state index contributed by atoms with van der Waals surface area (Å²) in [5.74, 6) is -1.06. The molecule has 1 unspecified atom stereocenters. The maximum atomic E-state index is 13.0. The highest BCUT2D eigenvalue weighted by atomic mass is 79.9. The molecular weight excluding hydrogens is 516 g/mol. The zero-order valence-electron chi connectivity index (χ0n) is 17.2. The second kappa shape index (κ2) is 9.30. The predicted octanol–water partition coefficient (Wildman–Crippen LogP) is 4.49. The molecule has 0 saturated carbocycles. The van der Waals surface area contributed by atoms with Gasteiger partial charge >= 0.3 is 5.97 Å². The Hall–Kier alpha value is -2.27. The number of carbonyl (C=O) groups excluding carboxylic acids is 2. The normalized spacial score (nSPS) is 17.2. The molecule has 1 aliphatic heterocycles. The van der Waals surface area contributed by atoms with E-state index in [-0.39, 0.29) is 17.3 Å². The maximum Gasteiger partial charge on any atom is 0.348 e. The number of sulfonamides is 1. The van der Waals surface area contributed by atoms with Crippen molar-refractivity contribution >= 4 is 64.9 Å². The van der Waals surface area contributed by atoms with Crippen LogP contribution in [0.1, 0.15) is 22.5 Å². The SMILES string of the molecule is COC(=O)c1cc2cc(NC(=O)C3CCCN(S(=O)(=O)c4ccc(Br)cc4)C3)ccc2s1. The summed E-state index contributed by atoms with van der Waals surface area (Å²) in [6.07, 6.45) is 1.23. The van der Waals surface area contributed by atoms with E-state index in [0.29, 0.717) is 30.0 Å². The average molecular weight is 537 g/mol. The molecule has 0 bridgehead atoms. The summed E-state index contributed by atoms with van der Waals surface area (Å²) < 4.78 is 33.8. The smallest absolute Gasteiger partial charge is 0.348 e. The number of nitrogens with one attached hydrogen (secondary N) is 1. The highest BCUT2D eigenvalue weighted by Gasteiger charge is 2.33. The number of hydrogen-bond donors (Lipinski definition) is 1. The fourth-order valence-corrected chi connectivity index (χ4v) is 6.45. The van der Waals surface area contributed by atoms with Gasteiger partial charge in [-0.15, -0.1) is 11.3 Å². The van der Waals surface area contributed by atoms with Gasteiger partial charge in [0.1, 0.15) is 4.88 Å². The van der Waals surface area contributed by atoms with Crippen LogP contribution >= 0.6 is 27.3 Å². The average Bonchev–Trinajstić information content (AvgIpc) is 3.22. The molecule has 3 aromatic rings. The van der Waals surface area contributed by atoms with Crippen molar-refractivity contribution in [3.05, 3.63) is 57.9 Å². The number of ether oxygens (including phenoxy) is 1. The predicted molar refractivity (Wildman–Crippen MR) is 127 cm³/mol. The van der Waals surface area contributed by atoms with Gasteiger partial charge in [0.05, 0.1) is 17.9 Å². The summed E-state index contributed by atoms with van der Waals surface area (Å²) >= 11 is 4.64. The molecular formula is C22H21BrN2O5S2. The Bertz CT molecular complexity index is 1270. The quantitative estimate of drug-likeness (QED) is 0.485. The number of methoxy groups -OCH3 is 1. The van der Waals surface area contributed by atoms with Crippen LogP contribution in [-0.4, -0.2) is 44.8 Å². The molecule has 0 aliphatic carbocycles. The second-order valence-corrected chi connectivity index (χ2v) is 11.4. The number of thiophene rings is 1. The van der Waals surface area contributed by atoms with Crippen LogP contribution in [0.4, 0.5) is 5.69 Å². The van der Waals surface area contributed by atoms with Crippen molar-refractivity contribution in [1.82, 2.24) is 4.31 Å². The van der Waals surface area contributed by atoms with E-state index in [1.807, 2.05) is 6.07 Å². The fourth-order valence-electron chi connectivity index (χ4n) is 3.70. The van der Waals surface area contributed by atoms with E-state index < -0.39 is 21.9 Å². The number of hydrogen-bond acceptors (Lipinski definition) is 6. The monoisotopic (exact) mass is 536 g/mol. The third-order valence-corrected chi connectivity index (χ3v) is 8.88. The first-order valence-corrected chi connectivity index (χ1v) is 13.0. The Labute approximate surface area is 198 Å². The first-order valence-electron chi connectivity index (χ1n) is 9.96. The number of rotatable bonds is 5. The first kappa shape index (κ1) is 22.9. The van der Waals surface area contributed by atoms with Crippen LogP contribution in [0.15, 0.2) is 57.9 Å². The maximum absolute atomic E-state index is 13.0. The molecule has 1 saturated heterocycles. The minimum Gasteiger partial charge on any atom is -0.465 e. The van der Waals surface area contributed by atoms with Crippen LogP contribution in [0.3, 0.4) is 0 Å². The summed E-state index contributed by atoms with van der Waals surface area (Å²) in [6, 6.07) is 13.6. The van der Waals surface area contributed by atoms with Crippen LogP contribution in [0, 0.1) is 5.92 Å². The molecule has 1 N–H and O–H groups in total. The lowest BCUT2D eigenvalue weighted by Gasteiger charge is -2.31. The van der Waals surface area contributed by atoms with E-state index in [2.05, 4.69) is 21.2 Å². The number of anilines is 1. The molecule has 32 heavy (non-hydrogen) atoms. The molecule has 1 atom stereocenters. The largest absolute Gasteiger partial charge is 0.465 e. The van der Waals surface area contributed by atoms with Crippen molar-refractivity contribution in [2.24, 2.45) is 5.92 Å². The topological polar surface area (TPSA) is 92.8 Å². The summed E-state index contributed by atoms with van der Waals surface area (Å²) in [4.78, 5) is 25.4. The summed E-state index contributed by atoms with van der Waals surface area (Å²) in [6.45, 7) is 0.525. The number of carbonyl (C=O) groups is 2. The Morgan fingerprint density at radius 2 is 1.91 bits per heavy atom. The van der Waals surface area contributed by atoms with E-state index >= 15 is 0 Å². The van der Waals surface area contributed by atoms with E-state index in [1.54, 1.807) is 42.5 Å². The molecule has 10 heteroatoms. The van der Waals surface area contributed by atoms with Crippen molar-refractivity contribution in [1.29, 1.82) is 0 Å². The van der Waals surface area contributed by atoms with Gasteiger partial charge in [0, 0.05) is 27.9 Å². The van der Waals surface area contributed by atoms with Gasteiger partial charge in [-0.25, -0.2) is 13.2 Å². The molecule has 1 aromatic heterocycles. The Balaban J connectivity index is 1.47. The van der Waals surface area contributed by atoms with Gasteiger partial charge in [-0.3, -0.25) is 4.79 Å². The number of fused-ring (bicyclic) bond motifs is 1. The molecule has 1 aliphatic rings. The van der Waals surface area contributed by atoms with Gasteiger partial charge in [0.15, 0.2) is 0 Å². The molecule has 1 amide bonds. The minimum atomic E-state index is -3.66. The van der Waals surface area contributed by atoms with Crippen LogP contribution in [0.25, 0.3) is 10.1 Å². The van der Waals surface area contributed by atoms with Crippen LogP contribution in [-0.2, 0) is 19.6 Å². The summed E-state index contributed by atoms with van der Waals surface area (Å²) in [5.41, 5.74) is 0.601. The van der Waals surface area contributed by atoms with E-state index in [0.717, 1.165) is 14.6 Å². The van der Waals surface area contributed by atoms with Crippen LogP contribution in [0.5, 0.6) is 0 Å². The van der Waals surface area contributed by atoms with Gasteiger partial charge in [-0.1, -0.05) is 15.9 Å². The lowest BCUT2D eigenvalue weighted by molar-refractivity contribution is -0.120. The van der Waals surface area contributed by atoms with Crippen molar-refractivity contribution < 1.29 is 22.7 Å². The molecule has 7 nitrogen and oxygen atoms in total. The van der Waals surface area contributed by atoms with Crippen molar-refractivity contribution in [3.63, 3.8) is 0 Å². The Morgan fingerprint density at radius 1 is 1.16 bits per heavy atom. The lowest BCUT2D eigenvalue weighted by atomic mass is 9.98. The number of esters is 1.